The monoisotopic (exact) mass is 527 g/mol. The molecule has 3 N–H and O–H groups in total. The van der Waals surface area contributed by atoms with Gasteiger partial charge in [0.05, 0.1) is 5.02 Å². The molecular formula is C25H23Cl2N5O2S. The van der Waals surface area contributed by atoms with E-state index < -0.39 is 10.0 Å². The van der Waals surface area contributed by atoms with Crippen molar-refractivity contribution in [2.24, 2.45) is 0 Å². The van der Waals surface area contributed by atoms with Crippen molar-refractivity contribution >= 4 is 61.9 Å². The molecule has 35 heavy (non-hydrogen) atoms. The second-order valence-electron chi connectivity index (χ2n) is 8.02. The molecular weight excluding hydrogens is 505 g/mol. The zero-order valence-electron chi connectivity index (χ0n) is 19.2. The zero-order valence-corrected chi connectivity index (χ0v) is 21.6. The molecule has 7 nitrogen and oxygen atoms in total. The van der Waals surface area contributed by atoms with Gasteiger partial charge < -0.3 is 10.6 Å². The predicted octanol–water partition coefficient (Wildman–Crippen LogP) is 7.00. The Hall–Kier alpha value is -3.33. The van der Waals surface area contributed by atoms with Crippen molar-refractivity contribution in [1.82, 2.24) is 9.97 Å². The van der Waals surface area contributed by atoms with Gasteiger partial charge in [-0.15, -0.1) is 0 Å². The first-order chi connectivity index (χ1) is 16.6. The first kappa shape index (κ1) is 24.8. The van der Waals surface area contributed by atoms with E-state index in [0.29, 0.717) is 33.7 Å². The smallest absolute Gasteiger partial charge is 0.263 e. The maximum Gasteiger partial charge on any atom is 0.263 e. The van der Waals surface area contributed by atoms with Gasteiger partial charge in [-0.1, -0.05) is 40.9 Å². The minimum atomic E-state index is -3.89. The first-order valence-corrected chi connectivity index (χ1v) is 12.9. The van der Waals surface area contributed by atoms with E-state index in [1.807, 2.05) is 38.1 Å². The van der Waals surface area contributed by atoms with Gasteiger partial charge >= 0.3 is 0 Å². The van der Waals surface area contributed by atoms with Crippen molar-refractivity contribution in [3.05, 3.63) is 93.7 Å². The fourth-order valence-electron chi connectivity index (χ4n) is 3.30. The number of nitrogens with one attached hydrogen (secondary N) is 3. The molecule has 0 saturated heterocycles. The number of halogens is 2. The van der Waals surface area contributed by atoms with Gasteiger partial charge in [0.25, 0.3) is 10.0 Å². The van der Waals surface area contributed by atoms with Gasteiger partial charge in [-0.2, -0.15) is 0 Å². The van der Waals surface area contributed by atoms with Crippen LogP contribution in [0.25, 0.3) is 0 Å². The summed E-state index contributed by atoms with van der Waals surface area (Å²) >= 11 is 12.1. The average molecular weight is 528 g/mol. The first-order valence-electron chi connectivity index (χ1n) is 10.6. The lowest BCUT2D eigenvalue weighted by Gasteiger charge is -2.13. The highest BCUT2D eigenvalue weighted by Crippen LogP contribution is 2.30. The molecule has 0 radical (unpaired) electrons. The standard InChI is InChI=1S/C25H23Cl2N5O2S/c1-15-4-6-18(7-5-15)30-24-14-25(29-17(3)28-24)31-19-8-10-20(11-9-19)32-35(33,34)23-12-16(2)21(26)13-22(23)27/h4-14,32H,1-3H3,(H2,28,29,30,31). The second kappa shape index (κ2) is 10.1. The van der Waals surface area contributed by atoms with Crippen LogP contribution in [0.15, 0.2) is 71.6 Å². The van der Waals surface area contributed by atoms with Crippen LogP contribution in [0.1, 0.15) is 17.0 Å². The van der Waals surface area contributed by atoms with E-state index in [1.165, 1.54) is 17.7 Å². The normalized spacial score (nSPS) is 11.2. The van der Waals surface area contributed by atoms with E-state index in [0.717, 1.165) is 11.4 Å². The third-order valence-electron chi connectivity index (χ3n) is 5.07. The molecule has 0 bridgehead atoms. The van der Waals surface area contributed by atoms with Crippen LogP contribution in [0.5, 0.6) is 0 Å². The Morgan fingerprint density at radius 2 is 1.20 bits per heavy atom. The molecule has 0 amide bonds. The van der Waals surface area contributed by atoms with Crippen molar-refractivity contribution in [2.45, 2.75) is 25.7 Å². The molecule has 10 heteroatoms. The molecule has 0 saturated carbocycles. The van der Waals surface area contributed by atoms with E-state index in [-0.39, 0.29) is 9.92 Å². The summed E-state index contributed by atoms with van der Waals surface area (Å²) in [6.07, 6.45) is 0. The van der Waals surface area contributed by atoms with Crippen LogP contribution in [0.3, 0.4) is 0 Å². The molecule has 0 aliphatic carbocycles. The minimum absolute atomic E-state index is 0.0339. The third kappa shape index (κ3) is 6.22. The molecule has 0 atom stereocenters. The SMILES string of the molecule is Cc1ccc(Nc2cc(Nc3ccc(NS(=O)(=O)c4cc(C)c(Cl)cc4Cl)cc3)nc(C)n2)cc1. The van der Waals surface area contributed by atoms with Crippen molar-refractivity contribution in [2.75, 3.05) is 15.4 Å². The van der Waals surface area contributed by atoms with Gasteiger partial charge in [0.1, 0.15) is 22.4 Å². The molecule has 0 fully saturated rings. The Labute approximate surface area is 214 Å². The average Bonchev–Trinajstić information content (AvgIpc) is 2.78. The summed E-state index contributed by atoms with van der Waals surface area (Å²) in [6, 6.07) is 19.5. The largest absolute Gasteiger partial charge is 0.340 e. The molecule has 3 aromatic carbocycles. The lowest BCUT2D eigenvalue weighted by molar-refractivity contribution is 0.601. The Bertz CT molecular complexity index is 1480. The van der Waals surface area contributed by atoms with Gasteiger partial charge in [-0.25, -0.2) is 18.4 Å². The van der Waals surface area contributed by atoms with Crippen molar-refractivity contribution < 1.29 is 8.42 Å². The maximum absolute atomic E-state index is 12.8. The number of anilines is 5. The topological polar surface area (TPSA) is 96.0 Å². The van der Waals surface area contributed by atoms with Crippen molar-refractivity contribution in [1.29, 1.82) is 0 Å². The molecule has 4 aromatic rings. The van der Waals surface area contributed by atoms with E-state index in [9.17, 15) is 8.42 Å². The van der Waals surface area contributed by atoms with Crippen LogP contribution >= 0.6 is 23.2 Å². The van der Waals surface area contributed by atoms with Crippen LogP contribution in [0, 0.1) is 20.8 Å². The third-order valence-corrected chi connectivity index (χ3v) is 7.33. The summed E-state index contributed by atoms with van der Waals surface area (Å²) in [6.45, 7) is 5.56. The molecule has 4 rings (SSSR count). The van der Waals surface area contributed by atoms with Crippen molar-refractivity contribution in [3.63, 3.8) is 0 Å². The number of hydrogen-bond donors (Lipinski definition) is 3. The van der Waals surface area contributed by atoms with Crippen LogP contribution in [-0.2, 0) is 10.0 Å². The van der Waals surface area contributed by atoms with Gasteiger partial charge in [0, 0.05) is 28.2 Å². The summed E-state index contributed by atoms with van der Waals surface area (Å²) in [5.74, 6) is 1.86. The van der Waals surface area contributed by atoms with Crippen LogP contribution in [0.4, 0.5) is 28.7 Å². The summed E-state index contributed by atoms with van der Waals surface area (Å²) in [7, 11) is -3.89. The van der Waals surface area contributed by atoms with E-state index >= 15 is 0 Å². The summed E-state index contributed by atoms with van der Waals surface area (Å²) in [4.78, 5) is 8.84. The van der Waals surface area contributed by atoms with Gasteiger partial charge in [0.2, 0.25) is 0 Å². The maximum atomic E-state index is 12.8. The molecule has 0 aliphatic rings. The number of aryl methyl sites for hydroxylation is 3. The number of rotatable bonds is 7. The van der Waals surface area contributed by atoms with Gasteiger partial charge in [0.15, 0.2) is 0 Å². The van der Waals surface area contributed by atoms with E-state index in [4.69, 9.17) is 23.2 Å². The number of nitrogens with zero attached hydrogens (tertiary/aromatic N) is 2. The van der Waals surface area contributed by atoms with Crippen LogP contribution in [-0.4, -0.2) is 18.4 Å². The lowest BCUT2D eigenvalue weighted by atomic mass is 10.2. The fourth-order valence-corrected chi connectivity index (χ4v) is 5.19. The van der Waals surface area contributed by atoms with Crippen LogP contribution in [0.2, 0.25) is 10.0 Å². The Morgan fingerprint density at radius 1 is 0.686 bits per heavy atom. The quantitative estimate of drug-likeness (QED) is 0.239. The molecule has 1 heterocycles. The van der Waals surface area contributed by atoms with Crippen molar-refractivity contribution in [3.8, 4) is 0 Å². The minimum Gasteiger partial charge on any atom is -0.340 e. The fraction of sp³-hybridized carbons (Fsp3) is 0.120. The Morgan fingerprint density at radius 3 is 1.77 bits per heavy atom. The van der Waals surface area contributed by atoms with Crippen LogP contribution < -0.4 is 15.4 Å². The Balaban J connectivity index is 1.48. The van der Waals surface area contributed by atoms with E-state index in [1.54, 1.807) is 37.3 Å². The number of aromatic nitrogens is 2. The molecule has 0 unspecified atom stereocenters. The Kier molecular flexibility index (Phi) is 7.16. The van der Waals surface area contributed by atoms with E-state index in [2.05, 4.69) is 25.3 Å². The summed E-state index contributed by atoms with van der Waals surface area (Å²) < 4.78 is 28.2. The number of hydrogen-bond acceptors (Lipinski definition) is 6. The highest BCUT2D eigenvalue weighted by atomic mass is 35.5. The molecule has 180 valence electrons. The van der Waals surface area contributed by atoms with Gasteiger partial charge in [-0.05, 0) is 74.9 Å². The highest BCUT2D eigenvalue weighted by Gasteiger charge is 2.19. The highest BCUT2D eigenvalue weighted by molar-refractivity contribution is 7.92. The summed E-state index contributed by atoms with van der Waals surface area (Å²) in [5.41, 5.74) is 3.83. The molecule has 1 aromatic heterocycles. The lowest BCUT2D eigenvalue weighted by Crippen LogP contribution is -2.13. The predicted molar refractivity (Wildman–Crippen MR) is 143 cm³/mol. The number of benzene rings is 3. The second-order valence-corrected chi connectivity index (χ2v) is 10.5. The zero-order chi connectivity index (χ0) is 25.2. The van der Waals surface area contributed by atoms with Gasteiger partial charge in [-0.3, -0.25) is 4.72 Å². The molecule has 0 spiro atoms. The molecule has 0 aliphatic heterocycles. The summed E-state index contributed by atoms with van der Waals surface area (Å²) in [5, 5.41) is 6.95. The number of sulfonamides is 1.